The van der Waals surface area contributed by atoms with Crippen LogP contribution in [0.5, 0.6) is 0 Å². The molecular formula is C16H20N4O3. The van der Waals surface area contributed by atoms with Crippen LogP contribution < -0.4 is 5.76 Å². The van der Waals surface area contributed by atoms with E-state index in [1.54, 1.807) is 17.0 Å². The summed E-state index contributed by atoms with van der Waals surface area (Å²) in [6.45, 7) is 4.24. The van der Waals surface area contributed by atoms with Gasteiger partial charge < -0.3 is 14.2 Å². The molecule has 1 fully saturated rings. The minimum absolute atomic E-state index is 0.0940. The van der Waals surface area contributed by atoms with Gasteiger partial charge in [0.25, 0.3) is 0 Å². The van der Waals surface area contributed by atoms with Crippen LogP contribution in [0.25, 0.3) is 11.5 Å². The summed E-state index contributed by atoms with van der Waals surface area (Å²) in [6.07, 6.45) is 0. The summed E-state index contributed by atoms with van der Waals surface area (Å²) in [5, 5.41) is 4.13. The number of rotatable bonds is 3. The first-order chi connectivity index (χ1) is 11.0. The van der Waals surface area contributed by atoms with Crippen molar-refractivity contribution >= 4 is 5.91 Å². The summed E-state index contributed by atoms with van der Waals surface area (Å²) in [5.74, 6) is -0.491. The molecule has 1 aliphatic rings. The lowest BCUT2D eigenvalue weighted by atomic mass is 10.2. The lowest BCUT2D eigenvalue weighted by molar-refractivity contribution is -0.136. The Labute approximate surface area is 134 Å². The van der Waals surface area contributed by atoms with Crippen LogP contribution in [0.15, 0.2) is 39.5 Å². The van der Waals surface area contributed by atoms with Crippen LogP contribution in [-0.4, -0.2) is 58.2 Å². The van der Waals surface area contributed by atoms with Gasteiger partial charge in [-0.3, -0.25) is 4.79 Å². The Morgan fingerprint density at radius 3 is 2.74 bits per heavy atom. The van der Waals surface area contributed by atoms with Gasteiger partial charge in [-0.25, -0.2) is 4.79 Å². The Morgan fingerprint density at radius 1 is 1.30 bits per heavy atom. The Kier molecular flexibility index (Phi) is 4.29. The maximum absolute atomic E-state index is 12.4. The fourth-order valence-electron chi connectivity index (χ4n) is 2.83. The predicted molar refractivity (Wildman–Crippen MR) is 84.9 cm³/mol. The third-order valence-electron chi connectivity index (χ3n) is 4.06. The highest BCUT2D eigenvalue weighted by atomic mass is 16.4. The molecule has 0 bridgehead atoms. The number of hydrogen-bond donors (Lipinski definition) is 0. The van der Waals surface area contributed by atoms with E-state index < -0.39 is 5.76 Å². The SMILES string of the molecule is CC1CN(C)CCN1C(=O)Cn1nc(-c2ccccc2)oc1=O. The number of aromatic nitrogens is 2. The van der Waals surface area contributed by atoms with E-state index in [1.807, 2.05) is 32.2 Å². The van der Waals surface area contributed by atoms with Gasteiger partial charge in [-0.05, 0) is 26.1 Å². The highest BCUT2D eigenvalue weighted by Gasteiger charge is 2.26. The van der Waals surface area contributed by atoms with Gasteiger partial charge >= 0.3 is 5.76 Å². The van der Waals surface area contributed by atoms with Gasteiger partial charge in [-0.15, -0.1) is 5.10 Å². The zero-order valence-corrected chi connectivity index (χ0v) is 13.3. The number of nitrogens with zero attached hydrogens (tertiary/aromatic N) is 4. The van der Waals surface area contributed by atoms with Crippen molar-refractivity contribution in [1.82, 2.24) is 19.6 Å². The van der Waals surface area contributed by atoms with Crippen LogP contribution in [0, 0.1) is 0 Å². The molecule has 2 heterocycles. The summed E-state index contributed by atoms with van der Waals surface area (Å²) in [5.41, 5.74) is 0.712. The van der Waals surface area contributed by atoms with Crippen LogP contribution in [0.3, 0.4) is 0 Å². The van der Waals surface area contributed by atoms with E-state index in [1.165, 1.54) is 0 Å². The van der Waals surface area contributed by atoms with Crippen molar-refractivity contribution in [2.24, 2.45) is 0 Å². The Bertz CT molecular complexity index is 737. The number of carbonyl (C=O) groups is 1. The fraction of sp³-hybridized carbons (Fsp3) is 0.438. The zero-order chi connectivity index (χ0) is 16.4. The van der Waals surface area contributed by atoms with Gasteiger partial charge in [-0.1, -0.05) is 18.2 Å². The standard InChI is InChI=1S/C16H20N4O3/c1-12-10-18(2)8-9-19(12)14(21)11-20-16(22)23-15(17-20)13-6-4-3-5-7-13/h3-7,12H,8-11H2,1-2H3. The summed E-state index contributed by atoms with van der Waals surface area (Å²) in [6, 6.07) is 9.28. The Balaban J connectivity index is 1.74. The molecule has 0 radical (unpaired) electrons. The Hall–Kier alpha value is -2.41. The first-order valence-corrected chi connectivity index (χ1v) is 7.66. The largest absolute Gasteiger partial charge is 0.437 e. The topological polar surface area (TPSA) is 71.6 Å². The lowest BCUT2D eigenvalue weighted by Crippen LogP contribution is -2.53. The monoisotopic (exact) mass is 316 g/mol. The molecule has 1 saturated heterocycles. The predicted octanol–water partition coefficient (Wildman–Crippen LogP) is 0.666. The molecule has 0 aliphatic carbocycles. The smallest absolute Gasteiger partial charge is 0.388 e. The minimum Gasteiger partial charge on any atom is -0.388 e. The molecule has 1 unspecified atom stereocenters. The van der Waals surface area contributed by atoms with Crippen molar-refractivity contribution in [1.29, 1.82) is 0 Å². The highest BCUT2D eigenvalue weighted by Crippen LogP contribution is 2.14. The first kappa shape index (κ1) is 15.5. The van der Waals surface area contributed by atoms with Gasteiger partial charge in [0, 0.05) is 31.2 Å². The third-order valence-corrected chi connectivity index (χ3v) is 4.06. The average molecular weight is 316 g/mol. The van der Waals surface area contributed by atoms with Gasteiger partial charge in [-0.2, -0.15) is 4.68 Å². The maximum atomic E-state index is 12.4. The van der Waals surface area contributed by atoms with Crippen molar-refractivity contribution in [3.05, 3.63) is 40.9 Å². The van der Waals surface area contributed by atoms with E-state index in [9.17, 15) is 9.59 Å². The average Bonchev–Trinajstić information content (AvgIpc) is 2.89. The van der Waals surface area contributed by atoms with Gasteiger partial charge in [0.2, 0.25) is 11.8 Å². The second kappa shape index (κ2) is 6.37. The van der Waals surface area contributed by atoms with Gasteiger partial charge in [0.05, 0.1) is 0 Å². The molecule has 122 valence electrons. The summed E-state index contributed by atoms with van der Waals surface area (Å²) in [7, 11) is 2.03. The van der Waals surface area contributed by atoms with Crippen LogP contribution in [0.4, 0.5) is 0 Å². The van der Waals surface area contributed by atoms with Crippen molar-refractivity contribution in [2.75, 3.05) is 26.7 Å². The molecule has 7 heteroatoms. The number of hydrogen-bond acceptors (Lipinski definition) is 5. The molecule has 0 saturated carbocycles. The molecule has 0 spiro atoms. The van der Waals surface area contributed by atoms with Gasteiger partial charge in [0.1, 0.15) is 6.54 Å². The van der Waals surface area contributed by atoms with E-state index in [4.69, 9.17) is 4.42 Å². The molecule has 2 aromatic rings. The number of carbonyl (C=O) groups excluding carboxylic acids is 1. The quantitative estimate of drug-likeness (QED) is 0.832. The van der Waals surface area contributed by atoms with Crippen LogP contribution in [0.2, 0.25) is 0 Å². The highest BCUT2D eigenvalue weighted by molar-refractivity contribution is 5.76. The minimum atomic E-state index is -0.612. The van der Waals surface area contributed by atoms with Crippen molar-refractivity contribution in [3.8, 4) is 11.5 Å². The second-order valence-corrected chi connectivity index (χ2v) is 5.90. The summed E-state index contributed by atoms with van der Waals surface area (Å²) in [4.78, 5) is 28.3. The lowest BCUT2D eigenvalue weighted by Gasteiger charge is -2.38. The molecule has 0 N–H and O–H groups in total. The normalized spacial score (nSPS) is 19.0. The zero-order valence-electron chi connectivity index (χ0n) is 13.3. The van der Waals surface area contributed by atoms with E-state index in [2.05, 4.69) is 10.00 Å². The number of likely N-dealkylation sites (N-methyl/N-ethyl adjacent to an activating group) is 1. The third kappa shape index (κ3) is 3.34. The number of benzene rings is 1. The summed E-state index contributed by atoms with van der Waals surface area (Å²) >= 11 is 0. The van der Waals surface area contributed by atoms with E-state index in [0.29, 0.717) is 12.1 Å². The summed E-state index contributed by atoms with van der Waals surface area (Å²) < 4.78 is 6.24. The Morgan fingerprint density at radius 2 is 2.04 bits per heavy atom. The molecule has 1 aromatic carbocycles. The van der Waals surface area contributed by atoms with Crippen molar-refractivity contribution in [3.63, 3.8) is 0 Å². The van der Waals surface area contributed by atoms with E-state index in [-0.39, 0.29) is 24.4 Å². The molecular weight excluding hydrogens is 296 g/mol. The molecule has 1 aliphatic heterocycles. The van der Waals surface area contributed by atoms with Crippen LogP contribution in [0.1, 0.15) is 6.92 Å². The molecule has 7 nitrogen and oxygen atoms in total. The van der Waals surface area contributed by atoms with Crippen molar-refractivity contribution in [2.45, 2.75) is 19.5 Å². The maximum Gasteiger partial charge on any atom is 0.437 e. The van der Waals surface area contributed by atoms with Crippen LogP contribution in [-0.2, 0) is 11.3 Å². The molecule has 23 heavy (non-hydrogen) atoms. The van der Waals surface area contributed by atoms with Crippen molar-refractivity contribution < 1.29 is 9.21 Å². The molecule has 3 rings (SSSR count). The fourth-order valence-corrected chi connectivity index (χ4v) is 2.83. The second-order valence-electron chi connectivity index (χ2n) is 5.90. The van der Waals surface area contributed by atoms with E-state index >= 15 is 0 Å². The first-order valence-electron chi connectivity index (χ1n) is 7.66. The molecule has 1 aromatic heterocycles. The molecule has 1 amide bonds. The van der Waals surface area contributed by atoms with Gasteiger partial charge in [0.15, 0.2) is 0 Å². The number of piperazine rings is 1. The molecule has 1 atom stereocenters. The van der Waals surface area contributed by atoms with E-state index in [0.717, 1.165) is 17.8 Å². The van der Waals surface area contributed by atoms with Crippen LogP contribution >= 0.6 is 0 Å². The number of amides is 1.